The fourth-order valence-corrected chi connectivity index (χ4v) is 4.98. The molecule has 0 aliphatic carbocycles. The molecule has 0 atom stereocenters. The molecule has 1 N–H and O–H groups in total. The first-order valence-electron chi connectivity index (χ1n) is 10.1. The monoisotopic (exact) mass is 448 g/mol. The van der Waals surface area contributed by atoms with E-state index in [0.29, 0.717) is 42.4 Å². The van der Waals surface area contributed by atoms with E-state index in [0.717, 1.165) is 0 Å². The molecule has 1 heterocycles. The molecule has 0 radical (unpaired) electrons. The van der Waals surface area contributed by atoms with Gasteiger partial charge in [-0.15, -0.1) is 0 Å². The van der Waals surface area contributed by atoms with E-state index in [2.05, 4.69) is 5.32 Å². The Bertz CT molecular complexity index is 977. The average Bonchev–Trinajstić information content (AvgIpc) is 2.79. The van der Waals surface area contributed by atoms with E-state index >= 15 is 0 Å². The van der Waals surface area contributed by atoms with E-state index in [1.165, 1.54) is 4.31 Å². The number of hydrogen-bond acceptors (Lipinski definition) is 6. The third kappa shape index (κ3) is 5.48. The molecule has 2 aromatic carbocycles. The number of carbonyl (C=O) groups is 1. The van der Waals surface area contributed by atoms with Gasteiger partial charge >= 0.3 is 0 Å². The van der Waals surface area contributed by atoms with E-state index < -0.39 is 10.0 Å². The van der Waals surface area contributed by atoms with Crippen LogP contribution >= 0.6 is 0 Å². The van der Waals surface area contributed by atoms with Crippen LogP contribution in [0.3, 0.4) is 0 Å². The average molecular weight is 449 g/mol. The van der Waals surface area contributed by atoms with Gasteiger partial charge in [0.05, 0.1) is 25.7 Å². The second kappa shape index (κ2) is 10.0. The summed E-state index contributed by atoms with van der Waals surface area (Å²) in [6.07, 6.45) is 0.895. The Balaban J connectivity index is 1.61. The first kappa shape index (κ1) is 22.9. The van der Waals surface area contributed by atoms with Crippen LogP contribution in [0.25, 0.3) is 0 Å². The van der Waals surface area contributed by atoms with Crippen LogP contribution in [0.4, 0.5) is 5.69 Å². The van der Waals surface area contributed by atoms with Crippen molar-refractivity contribution in [1.82, 2.24) is 4.31 Å². The van der Waals surface area contributed by atoms with Crippen LogP contribution in [-0.2, 0) is 14.8 Å². The van der Waals surface area contributed by atoms with Gasteiger partial charge in [-0.1, -0.05) is 0 Å². The maximum atomic E-state index is 12.9. The van der Waals surface area contributed by atoms with Crippen molar-refractivity contribution in [3.05, 3.63) is 42.5 Å². The molecule has 1 fully saturated rings. The molecule has 0 aromatic heterocycles. The lowest BCUT2D eigenvalue weighted by molar-refractivity contribution is -0.120. The van der Waals surface area contributed by atoms with Crippen molar-refractivity contribution in [3.8, 4) is 17.2 Å². The van der Waals surface area contributed by atoms with E-state index in [1.54, 1.807) is 56.7 Å². The number of rotatable bonds is 8. The van der Waals surface area contributed by atoms with Crippen LogP contribution in [-0.4, -0.2) is 52.5 Å². The van der Waals surface area contributed by atoms with Crippen molar-refractivity contribution >= 4 is 21.6 Å². The quantitative estimate of drug-likeness (QED) is 0.667. The van der Waals surface area contributed by atoms with E-state index in [9.17, 15) is 13.2 Å². The fourth-order valence-electron chi connectivity index (χ4n) is 3.51. The number of ether oxygens (including phenoxy) is 3. The molecule has 1 saturated heterocycles. The van der Waals surface area contributed by atoms with Crippen LogP contribution in [0.15, 0.2) is 47.4 Å². The van der Waals surface area contributed by atoms with Gasteiger partial charge in [0, 0.05) is 42.9 Å². The van der Waals surface area contributed by atoms with Crippen molar-refractivity contribution in [2.45, 2.75) is 24.7 Å². The van der Waals surface area contributed by atoms with Gasteiger partial charge in [-0.2, -0.15) is 4.31 Å². The van der Waals surface area contributed by atoms with Crippen molar-refractivity contribution in [3.63, 3.8) is 0 Å². The largest absolute Gasteiger partial charge is 0.497 e. The zero-order valence-corrected chi connectivity index (χ0v) is 18.8. The van der Waals surface area contributed by atoms with Gasteiger partial charge in [0.25, 0.3) is 0 Å². The molecule has 1 aliphatic heterocycles. The highest BCUT2D eigenvalue weighted by molar-refractivity contribution is 7.89. The Morgan fingerprint density at radius 1 is 1.00 bits per heavy atom. The number of hydrogen-bond donors (Lipinski definition) is 1. The summed E-state index contributed by atoms with van der Waals surface area (Å²) in [5.41, 5.74) is 0.575. The SMILES string of the molecule is CCOc1ccc(S(=O)(=O)N2CCC(C(=O)Nc3cc(OC)cc(OC)c3)CC2)cc1. The lowest BCUT2D eigenvalue weighted by Crippen LogP contribution is -2.41. The fraction of sp³-hybridized carbons (Fsp3) is 0.409. The summed E-state index contributed by atoms with van der Waals surface area (Å²) in [6.45, 7) is 2.96. The molecule has 3 rings (SSSR count). The summed E-state index contributed by atoms with van der Waals surface area (Å²) in [5.74, 6) is 1.36. The Kier molecular flexibility index (Phi) is 7.40. The molecule has 31 heavy (non-hydrogen) atoms. The number of anilines is 1. The van der Waals surface area contributed by atoms with Crippen LogP contribution in [0.2, 0.25) is 0 Å². The molecule has 1 aliphatic rings. The molecule has 9 heteroatoms. The van der Waals surface area contributed by atoms with Gasteiger partial charge in [0.1, 0.15) is 17.2 Å². The van der Waals surface area contributed by atoms with Crippen LogP contribution in [0.5, 0.6) is 17.2 Å². The zero-order chi connectivity index (χ0) is 22.4. The molecular weight excluding hydrogens is 420 g/mol. The molecule has 0 spiro atoms. The van der Waals surface area contributed by atoms with Crippen LogP contribution < -0.4 is 19.5 Å². The molecule has 8 nitrogen and oxygen atoms in total. The maximum Gasteiger partial charge on any atom is 0.243 e. The van der Waals surface area contributed by atoms with Crippen molar-refractivity contribution in [1.29, 1.82) is 0 Å². The zero-order valence-electron chi connectivity index (χ0n) is 18.0. The van der Waals surface area contributed by atoms with Gasteiger partial charge < -0.3 is 19.5 Å². The number of nitrogens with zero attached hydrogens (tertiary/aromatic N) is 1. The maximum absolute atomic E-state index is 12.9. The van der Waals surface area contributed by atoms with E-state index in [-0.39, 0.29) is 29.8 Å². The van der Waals surface area contributed by atoms with E-state index in [4.69, 9.17) is 14.2 Å². The van der Waals surface area contributed by atoms with Crippen molar-refractivity contribution in [2.75, 3.05) is 39.2 Å². The first-order chi connectivity index (χ1) is 14.9. The second-order valence-corrected chi connectivity index (χ2v) is 9.11. The van der Waals surface area contributed by atoms with Gasteiger partial charge in [-0.3, -0.25) is 4.79 Å². The van der Waals surface area contributed by atoms with Crippen LogP contribution in [0, 0.1) is 5.92 Å². The summed E-state index contributed by atoms with van der Waals surface area (Å²) in [5, 5.41) is 2.88. The molecule has 0 bridgehead atoms. The number of methoxy groups -OCH3 is 2. The molecule has 0 unspecified atom stereocenters. The molecule has 168 valence electrons. The number of nitrogens with one attached hydrogen (secondary N) is 1. The smallest absolute Gasteiger partial charge is 0.243 e. The molecule has 0 saturated carbocycles. The highest BCUT2D eigenvalue weighted by atomic mass is 32.2. The summed E-state index contributed by atoms with van der Waals surface area (Å²) in [6, 6.07) is 11.6. The molecule has 2 aromatic rings. The van der Waals surface area contributed by atoms with Gasteiger partial charge in [0.2, 0.25) is 15.9 Å². The standard InChI is InChI=1S/C22H28N2O6S/c1-4-30-18-5-7-21(8-6-18)31(26,27)24-11-9-16(10-12-24)22(25)23-17-13-19(28-2)15-20(14-17)29-3/h5-8,13-16H,4,9-12H2,1-3H3,(H,23,25). The highest BCUT2D eigenvalue weighted by Crippen LogP contribution is 2.29. The third-order valence-corrected chi connectivity index (χ3v) is 7.13. The lowest BCUT2D eigenvalue weighted by Gasteiger charge is -2.30. The topological polar surface area (TPSA) is 94.2 Å². The highest BCUT2D eigenvalue weighted by Gasteiger charge is 2.32. The first-order valence-corrected chi connectivity index (χ1v) is 11.6. The third-order valence-electron chi connectivity index (χ3n) is 5.22. The Labute approximate surface area is 183 Å². The molecule has 1 amide bonds. The minimum absolute atomic E-state index is 0.145. The van der Waals surface area contributed by atoms with Crippen molar-refractivity contribution in [2.24, 2.45) is 5.92 Å². The Morgan fingerprint density at radius 2 is 1.58 bits per heavy atom. The van der Waals surface area contributed by atoms with Crippen LogP contribution in [0.1, 0.15) is 19.8 Å². The predicted molar refractivity (Wildman–Crippen MR) is 117 cm³/mol. The normalized spacial score (nSPS) is 15.3. The molecular formula is C22H28N2O6S. The summed E-state index contributed by atoms with van der Waals surface area (Å²) in [4.78, 5) is 12.9. The van der Waals surface area contributed by atoms with Gasteiger partial charge in [-0.25, -0.2) is 8.42 Å². The number of benzene rings is 2. The number of carbonyl (C=O) groups excluding carboxylic acids is 1. The predicted octanol–water partition coefficient (Wildman–Crippen LogP) is 3.14. The summed E-state index contributed by atoms with van der Waals surface area (Å²) < 4.78 is 43.1. The number of amides is 1. The Morgan fingerprint density at radius 3 is 2.10 bits per heavy atom. The van der Waals surface area contributed by atoms with Gasteiger partial charge in [-0.05, 0) is 44.0 Å². The minimum atomic E-state index is -3.61. The number of sulfonamides is 1. The van der Waals surface area contributed by atoms with Gasteiger partial charge in [0.15, 0.2) is 0 Å². The van der Waals surface area contributed by atoms with Crippen molar-refractivity contribution < 1.29 is 27.4 Å². The second-order valence-electron chi connectivity index (χ2n) is 7.17. The lowest BCUT2D eigenvalue weighted by atomic mass is 9.97. The summed E-state index contributed by atoms with van der Waals surface area (Å²) >= 11 is 0. The minimum Gasteiger partial charge on any atom is -0.497 e. The number of piperidine rings is 1. The Hall–Kier alpha value is -2.78. The summed E-state index contributed by atoms with van der Waals surface area (Å²) in [7, 11) is -0.522. The van der Waals surface area contributed by atoms with E-state index in [1.807, 2.05) is 6.92 Å².